The van der Waals surface area contributed by atoms with Gasteiger partial charge in [0, 0.05) is 21.4 Å². The van der Waals surface area contributed by atoms with Crippen molar-refractivity contribution in [3.05, 3.63) is 172 Å². The number of nitrogens with zero attached hydrogens (tertiary/aromatic N) is 1. The molecule has 0 amide bonds. The lowest BCUT2D eigenvalue weighted by atomic mass is 9.68. The SMILES string of the molecule is CC1(c2cccc3c2c2ccccc2n3-c2cccc3c2-c2ccc(Cl)cc2C3(c2ccccc2)c2ccccc2)C2CCCC[C@@H]21. The Bertz CT molecular complexity index is 2300. The molecule has 47 heavy (non-hydrogen) atoms. The van der Waals surface area contributed by atoms with Crippen molar-refractivity contribution in [3.8, 4) is 16.8 Å². The van der Waals surface area contributed by atoms with E-state index in [-0.39, 0.29) is 5.41 Å². The third kappa shape index (κ3) is 3.56. The second kappa shape index (κ2) is 9.96. The minimum absolute atomic E-state index is 0.253. The Labute approximate surface area is 281 Å². The molecule has 0 N–H and O–H groups in total. The summed E-state index contributed by atoms with van der Waals surface area (Å²) >= 11 is 6.88. The van der Waals surface area contributed by atoms with Crippen LogP contribution in [0.15, 0.2) is 140 Å². The zero-order valence-corrected chi connectivity index (χ0v) is 27.3. The van der Waals surface area contributed by atoms with Crippen molar-refractivity contribution in [1.29, 1.82) is 0 Å². The molecule has 6 aromatic carbocycles. The van der Waals surface area contributed by atoms with Crippen LogP contribution in [0.1, 0.15) is 60.4 Å². The first-order valence-electron chi connectivity index (χ1n) is 17.2. The van der Waals surface area contributed by atoms with E-state index in [4.69, 9.17) is 11.6 Å². The standard InChI is InChI=1S/C45H36ClN/c1-44(34-19-9-10-20-35(34)44)36-21-12-24-41-43(36)33-18-8-11-23-39(33)47(41)40-25-13-22-37-42(40)32-27-26-31(46)28-38(32)45(37,29-14-4-2-5-15-29)30-16-6-3-7-17-30/h2-8,11-18,21-28,34-35H,9-10,19-20H2,1H3/t34-,35?,44?/m0/s1. The van der Waals surface area contributed by atoms with Crippen LogP contribution < -0.4 is 0 Å². The van der Waals surface area contributed by atoms with Gasteiger partial charge in [0.1, 0.15) is 0 Å². The number of fused-ring (bicyclic) bond motifs is 7. The zero-order valence-electron chi connectivity index (χ0n) is 26.6. The number of halogens is 1. The summed E-state index contributed by atoms with van der Waals surface area (Å²) in [6.45, 7) is 2.56. The molecule has 2 unspecified atom stereocenters. The quantitative estimate of drug-likeness (QED) is 0.183. The summed E-state index contributed by atoms with van der Waals surface area (Å²) < 4.78 is 2.56. The molecule has 7 aromatic rings. The third-order valence-corrected chi connectivity index (χ3v) is 12.5. The lowest BCUT2D eigenvalue weighted by Gasteiger charge is -2.34. The molecule has 3 aliphatic carbocycles. The van der Waals surface area contributed by atoms with Gasteiger partial charge in [0.25, 0.3) is 0 Å². The van der Waals surface area contributed by atoms with Crippen molar-refractivity contribution in [2.24, 2.45) is 11.8 Å². The molecule has 10 rings (SSSR count). The average Bonchev–Trinajstić information content (AvgIpc) is 3.44. The van der Waals surface area contributed by atoms with E-state index in [0.717, 1.165) is 16.9 Å². The van der Waals surface area contributed by atoms with Crippen molar-refractivity contribution in [2.75, 3.05) is 0 Å². The van der Waals surface area contributed by atoms with Gasteiger partial charge in [-0.3, -0.25) is 0 Å². The van der Waals surface area contributed by atoms with Gasteiger partial charge in [0.15, 0.2) is 0 Å². The first-order chi connectivity index (χ1) is 23.1. The smallest absolute Gasteiger partial charge is 0.0714 e. The van der Waals surface area contributed by atoms with Crippen LogP contribution in [0.5, 0.6) is 0 Å². The fraction of sp³-hybridized carbons (Fsp3) is 0.200. The summed E-state index contributed by atoms with van der Waals surface area (Å²) in [5, 5.41) is 3.55. The largest absolute Gasteiger partial charge is 0.309 e. The molecule has 2 heteroatoms. The van der Waals surface area contributed by atoms with Crippen LogP contribution in [0, 0.1) is 11.8 Å². The van der Waals surface area contributed by atoms with Gasteiger partial charge in [-0.1, -0.05) is 141 Å². The maximum absolute atomic E-state index is 6.88. The molecule has 3 atom stereocenters. The van der Waals surface area contributed by atoms with E-state index in [1.165, 1.54) is 86.6 Å². The molecule has 0 aliphatic heterocycles. The van der Waals surface area contributed by atoms with E-state index < -0.39 is 5.41 Å². The van der Waals surface area contributed by atoms with Gasteiger partial charge >= 0.3 is 0 Å². The van der Waals surface area contributed by atoms with E-state index in [2.05, 4.69) is 151 Å². The van der Waals surface area contributed by atoms with Crippen LogP contribution in [-0.2, 0) is 10.8 Å². The first kappa shape index (κ1) is 27.5. The van der Waals surface area contributed by atoms with Crippen LogP contribution in [0.25, 0.3) is 38.6 Å². The van der Waals surface area contributed by atoms with Crippen LogP contribution in [-0.4, -0.2) is 4.57 Å². The summed E-state index contributed by atoms with van der Waals surface area (Å²) in [6.07, 6.45) is 5.48. The highest BCUT2D eigenvalue weighted by molar-refractivity contribution is 6.30. The van der Waals surface area contributed by atoms with E-state index in [1.54, 1.807) is 5.56 Å². The van der Waals surface area contributed by atoms with E-state index in [9.17, 15) is 0 Å². The highest BCUT2D eigenvalue weighted by Gasteiger charge is 2.62. The lowest BCUT2D eigenvalue weighted by molar-refractivity contribution is 0.480. The van der Waals surface area contributed by atoms with Crippen molar-refractivity contribution >= 4 is 33.4 Å². The predicted molar refractivity (Wildman–Crippen MR) is 196 cm³/mol. The predicted octanol–water partition coefficient (Wildman–Crippen LogP) is 11.9. The van der Waals surface area contributed by atoms with Crippen molar-refractivity contribution in [2.45, 2.75) is 43.4 Å². The summed E-state index contributed by atoms with van der Waals surface area (Å²) in [5.41, 5.74) is 12.6. The van der Waals surface area contributed by atoms with E-state index in [0.29, 0.717) is 0 Å². The minimum Gasteiger partial charge on any atom is -0.309 e. The van der Waals surface area contributed by atoms with Crippen LogP contribution >= 0.6 is 11.6 Å². The second-order valence-corrected chi connectivity index (χ2v) is 14.6. The summed E-state index contributed by atoms with van der Waals surface area (Å²) in [6, 6.07) is 51.7. The fourth-order valence-electron chi connectivity index (χ4n) is 10.2. The van der Waals surface area contributed by atoms with Crippen LogP contribution in [0.3, 0.4) is 0 Å². The minimum atomic E-state index is -0.505. The Kier molecular flexibility index (Phi) is 5.83. The molecule has 2 saturated carbocycles. The molecule has 0 bridgehead atoms. The molecule has 1 nitrogen and oxygen atoms in total. The number of benzene rings is 6. The van der Waals surface area contributed by atoms with E-state index in [1.807, 2.05) is 0 Å². The van der Waals surface area contributed by atoms with Gasteiger partial charge in [-0.2, -0.15) is 0 Å². The Balaban J connectivity index is 1.32. The summed E-state index contributed by atoms with van der Waals surface area (Å²) in [5.74, 6) is 1.61. The van der Waals surface area contributed by atoms with Gasteiger partial charge in [-0.05, 0) is 93.8 Å². The number of hydrogen-bond donors (Lipinski definition) is 0. The topological polar surface area (TPSA) is 4.93 Å². The molecule has 0 spiro atoms. The number of rotatable bonds is 4. The highest BCUT2D eigenvalue weighted by Crippen LogP contribution is 2.67. The van der Waals surface area contributed by atoms with E-state index >= 15 is 0 Å². The number of hydrogen-bond acceptors (Lipinski definition) is 0. The Hall–Kier alpha value is -4.59. The van der Waals surface area contributed by atoms with Gasteiger partial charge < -0.3 is 4.57 Å². The zero-order chi connectivity index (χ0) is 31.3. The Morgan fingerprint density at radius 3 is 1.94 bits per heavy atom. The maximum Gasteiger partial charge on any atom is 0.0714 e. The molecule has 0 radical (unpaired) electrons. The van der Waals surface area contributed by atoms with Gasteiger partial charge in [-0.25, -0.2) is 0 Å². The van der Waals surface area contributed by atoms with Gasteiger partial charge in [0.2, 0.25) is 0 Å². The van der Waals surface area contributed by atoms with Gasteiger partial charge in [-0.15, -0.1) is 0 Å². The normalized spacial score (nSPS) is 22.2. The molecule has 1 aromatic heterocycles. The lowest BCUT2D eigenvalue weighted by Crippen LogP contribution is -2.28. The monoisotopic (exact) mass is 625 g/mol. The molecule has 0 saturated heterocycles. The van der Waals surface area contributed by atoms with Crippen LogP contribution in [0.4, 0.5) is 0 Å². The molecule has 1 heterocycles. The van der Waals surface area contributed by atoms with Gasteiger partial charge in [0.05, 0.1) is 22.1 Å². The molecule has 228 valence electrons. The fourth-order valence-corrected chi connectivity index (χ4v) is 10.4. The summed E-state index contributed by atoms with van der Waals surface area (Å²) in [4.78, 5) is 0. The molecule has 3 aliphatic rings. The van der Waals surface area contributed by atoms with Crippen molar-refractivity contribution in [3.63, 3.8) is 0 Å². The molecular formula is C45H36ClN. The highest BCUT2D eigenvalue weighted by atomic mass is 35.5. The number of para-hydroxylation sites is 1. The maximum atomic E-state index is 6.88. The average molecular weight is 626 g/mol. The number of aromatic nitrogens is 1. The van der Waals surface area contributed by atoms with Crippen molar-refractivity contribution in [1.82, 2.24) is 4.57 Å². The third-order valence-electron chi connectivity index (χ3n) is 12.2. The second-order valence-electron chi connectivity index (χ2n) is 14.2. The summed E-state index contributed by atoms with van der Waals surface area (Å²) in [7, 11) is 0. The van der Waals surface area contributed by atoms with Crippen LogP contribution in [0.2, 0.25) is 5.02 Å². The molecular weight excluding hydrogens is 590 g/mol. The first-order valence-corrected chi connectivity index (χ1v) is 17.6. The molecule has 2 fully saturated rings. The Morgan fingerprint density at radius 2 is 1.21 bits per heavy atom. The van der Waals surface area contributed by atoms with Crippen molar-refractivity contribution < 1.29 is 0 Å². The Morgan fingerprint density at radius 1 is 0.596 bits per heavy atom.